The number of piperazine rings is 1. The van der Waals surface area contributed by atoms with Gasteiger partial charge in [0.2, 0.25) is 0 Å². The molecule has 1 fully saturated rings. The van der Waals surface area contributed by atoms with Crippen LogP contribution in [-0.4, -0.2) is 39.5 Å². The van der Waals surface area contributed by atoms with Gasteiger partial charge in [-0.25, -0.2) is 0 Å². The fraction of sp³-hybridized carbons (Fsp3) is 0.600. The summed E-state index contributed by atoms with van der Waals surface area (Å²) in [7, 11) is 0. The first-order valence-corrected chi connectivity index (χ1v) is 4.09. The van der Waals surface area contributed by atoms with Crippen molar-refractivity contribution in [3.63, 3.8) is 0 Å². The van der Waals surface area contributed by atoms with Crippen molar-refractivity contribution < 1.29 is 14.1 Å². The zero-order valence-electron chi connectivity index (χ0n) is 5.59. The number of hydrogen-bond acceptors (Lipinski definition) is 2. The lowest BCUT2D eigenvalue weighted by atomic mass is 10.4. The third-order valence-corrected chi connectivity index (χ3v) is 2.09. The predicted molar refractivity (Wildman–Crippen MR) is 43.8 cm³/mol. The van der Waals surface area contributed by atoms with E-state index in [2.05, 4.69) is 0 Å². The van der Waals surface area contributed by atoms with E-state index in [1.165, 1.54) is 4.90 Å². The SMILES string of the molecule is O=C1CN(C(=O)I)CCN1F. The van der Waals surface area contributed by atoms with Crippen LogP contribution in [0.4, 0.5) is 9.28 Å². The molecule has 2 amide bonds. The Labute approximate surface area is 76.4 Å². The molecule has 0 aromatic heterocycles. The summed E-state index contributed by atoms with van der Waals surface area (Å²) in [6, 6.07) is 0. The number of hydrogen-bond donors (Lipinski definition) is 0. The van der Waals surface area contributed by atoms with Crippen molar-refractivity contribution >= 4 is 32.4 Å². The molecule has 0 aliphatic carbocycles. The van der Waals surface area contributed by atoms with E-state index in [0.29, 0.717) is 0 Å². The smallest absolute Gasteiger partial charge is 0.283 e. The van der Waals surface area contributed by atoms with E-state index >= 15 is 0 Å². The van der Waals surface area contributed by atoms with E-state index in [4.69, 9.17) is 0 Å². The number of rotatable bonds is 0. The van der Waals surface area contributed by atoms with Gasteiger partial charge in [-0.2, -0.15) is 5.12 Å². The Morgan fingerprint density at radius 1 is 1.55 bits per heavy atom. The average molecular weight is 272 g/mol. The lowest BCUT2D eigenvalue weighted by Crippen LogP contribution is -2.47. The lowest BCUT2D eigenvalue weighted by molar-refractivity contribution is -0.151. The first-order chi connectivity index (χ1) is 5.11. The molecule has 1 aliphatic rings. The summed E-state index contributed by atoms with van der Waals surface area (Å²) in [6.07, 6.45) is 0. The van der Waals surface area contributed by atoms with Gasteiger partial charge in [-0.05, 0) is 0 Å². The van der Waals surface area contributed by atoms with Gasteiger partial charge in [0, 0.05) is 29.1 Å². The molecule has 11 heavy (non-hydrogen) atoms. The van der Waals surface area contributed by atoms with Gasteiger partial charge >= 0.3 is 0 Å². The molecule has 6 heteroatoms. The summed E-state index contributed by atoms with van der Waals surface area (Å²) in [4.78, 5) is 22.6. The third-order valence-electron chi connectivity index (χ3n) is 1.41. The highest BCUT2D eigenvalue weighted by atomic mass is 127. The van der Waals surface area contributed by atoms with E-state index in [1.807, 2.05) is 0 Å². The normalized spacial score (nSPS) is 18.9. The average Bonchev–Trinajstić information content (AvgIpc) is 1.94. The van der Waals surface area contributed by atoms with Gasteiger partial charge in [-0.15, -0.1) is 0 Å². The Bertz CT molecular complexity index is 199. The van der Waals surface area contributed by atoms with Gasteiger partial charge in [0.1, 0.15) is 6.54 Å². The van der Waals surface area contributed by atoms with E-state index in [0.717, 1.165) is 0 Å². The van der Waals surface area contributed by atoms with Crippen LogP contribution in [0.5, 0.6) is 0 Å². The van der Waals surface area contributed by atoms with Gasteiger partial charge in [-0.1, -0.05) is 4.48 Å². The number of halogens is 2. The van der Waals surface area contributed by atoms with Crippen LogP contribution in [0.15, 0.2) is 0 Å². The standard InChI is InChI=1S/C5H6FIN2O2/c6-9-2-1-8(5(7)11)3-4(9)10/h1-3H2. The first kappa shape index (κ1) is 8.69. The van der Waals surface area contributed by atoms with Crippen LogP contribution >= 0.6 is 22.6 Å². The van der Waals surface area contributed by atoms with Gasteiger partial charge in [0.05, 0.1) is 6.54 Å². The molecule has 62 valence electrons. The highest BCUT2D eigenvalue weighted by Crippen LogP contribution is 2.07. The summed E-state index contributed by atoms with van der Waals surface area (Å²) < 4.78 is 12.1. The van der Waals surface area contributed by atoms with Crippen LogP contribution in [0.2, 0.25) is 0 Å². The molecule has 1 rings (SSSR count). The largest absolute Gasteiger partial charge is 0.323 e. The summed E-state index contributed by atoms with van der Waals surface area (Å²) in [6.45, 7) is 0.121. The first-order valence-electron chi connectivity index (χ1n) is 3.02. The second kappa shape index (κ2) is 3.33. The molecule has 0 bridgehead atoms. The van der Waals surface area contributed by atoms with Crippen molar-refractivity contribution in [3.05, 3.63) is 0 Å². The van der Waals surface area contributed by atoms with Crippen LogP contribution in [0.1, 0.15) is 0 Å². The van der Waals surface area contributed by atoms with E-state index in [9.17, 15) is 14.1 Å². The Balaban J connectivity index is 2.53. The number of carbonyl (C=O) groups excluding carboxylic acids is 2. The second-order valence-corrected chi connectivity index (χ2v) is 3.08. The van der Waals surface area contributed by atoms with E-state index in [1.54, 1.807) is 22.6 Å². The maximum absolute atomic E-state index is 12.4. The molecule has 4 nitrogen and oxygen atoms in total. The predicted octanol–water partition coefficient (Wildman–Crippen LogP) is 0.570. The van der Waals surface area contributed by atoms with Crippen LogP contribution in [0.25, 0.3) is 0 Å². The number of amides is 2. The molecule has 1 heterocycles. The molecule has 0 aromatic carbocycles. The minimum Gasteiger partial charge on any atom is -0.323 e. The van der Waals surface area contributed by atoms with Gasteiger partial charge in [-0.3, -0.25) is 9.59 Å². The van der Waals surface area contributed by atoms with Crippen LogP contribution in [0.3, 0.4) is 0 Å². The second-order valence-electron chi connectivity index (χ2n) is 2.15. The number of nitrogens with zero attached hydrogens (tertiary/aromatic N) is 2. The quantitative estimate of drug-likeness (QED) is 0.280. The van der Waals surface area contributed by atoms with Crippen molar-refractivity contribution in [2.75, 3.05) is 19.6 Å². The minimum absolute atomic E-state index is 0.0203. The Kier molecular flexibility index (Phi) is 2.63. The Morgan fingerprint density at radius 2 is 2.18 bits per heavy atom. The molecule has 0 saturated carbocycles. The fourth-order valence-corrected chi connectivity index (χ4v) is 1.21. The molecular formula is C5H6FIN2O2. The highest BCUT2D eigenvalue weighted by Gasteiger charge is 2.25. The Hall–Kier alpha value is -0.400. The minimum atomic E-state index is -0.652. The van der Waals surface area contributed by atoms with Gasteiger partial charge in [0.15, 0.2) is 0 Å². The van der Waals surface area contributed by atoms with Crippen LogP contribution < -0.4 is 0 Å². The van der Waals surface area contributed by atoms with Crippen molar-refractivity contribution in [2.45, 2.75) is 0 Å². The fourth-order valence-electron chi connectivity index (χ4n) is 0.802. The summed E-state index contributed by atoms with van der Waals surface area (Å²) in [5.41, 5.74) is 0. The summed E-state index contributed by atoms with van der Waals surface area (Å²) in [5, 5.41) is 0.135. The maximum atomic E-state index is 12.4. The molecule has 0 aromatic rings. The molecule has 0 radical (unpaired) electrons. The zero-order valence-corrected chi connectivity index (χ0v) is 7.75. The van der Waals surface area contributed by atoms with Crippen molar-refractivity contribution in [3.8, 4) is 0 Å². The van der Waals surface area contributed by atoms with Crippen molar-refractivity contribution in [1.82, 2.24) is 10.0 Å². The van der Waals surface area contributed by atoms with Crippen molar-refractivity contribution in [2.24, 2.45) is 0 Å². The summed E-state index contributed by atoms with van der Waals surface area (Å²) >= 11 is 1.57. The van der Waals surface area contributed by atoms with E-state index < -0.39 is 5.91 Å². The van der Waals surface area contributed by atoms with Gasteiger partial charge in [0.25, 0.3) is 9.82 Å². The lowest BCUT2D eigenvalue weighted by Gasteiger charge is -2.27. The van der Waals surface area contributed by atoms with Crippen LogP contribution in [0, 0.1) is 0 Å². The van der Waals surface area contributed by atoms with Crippen molar-refractivity contribution in [1.29, 1.82) is 0 Å². The van der Waals surface area contributed by atoms with Crippen LogP contribution in [-0.2, 0) is 4.79 Å². The molecule has 0 atom stereocenters. The zero-order chi connectivity index (χ0) is 8.43. The van der Waals surface area contributed by atoms with E-state index in [-0.39, 0.29) is 28.7 Å². The number of carbonyl (C=O) groups is 2. The Morgan fingerprint density at radius 3 is 2.64 bits per heavy atom. The molecule has 0 spiro atoms. The highest BCUT2D eigenvalue weighted by molar-refractivity contribution is 14.1. The molecule has 0 N–H and O–H groups in total. The molecular weight excluding hydrogens is 266 g/mol. The maximum Gasteiger partial charge on any atom is 0.283 e. The molecule has 1 saturated heterocycles. The molecule has 0 unspecified atom stereocenters. The topological polar surface area (TPSA) is 40.6 Å². The monoisotopic (exact) mass is 272 g/mol. The molecule has 1 aliphatic heterocycles. The third kappa shape index (κ3) is 2.01. The van der Waals surface area contributed by atoms with Gasteiger partial charge < -0.3 is 4.90 Å². The summed E-state index contributed by atoms with van der Waals surface area (Å²) in [5.74, 6) is -0.652.